The number of hydrogen-bond donors (Lipinski definition) is 1. The molecule has 1 saturated heterocycles. The molecule has 2 heterocycles. The van der Waals surface area contributed by atoms with Crippen molar-refractivity contribution in [2.24, 2.45) is 5.41 Å². The highest BCUT2D eigenvalue weighted by Crippen LogP contribution is 2.43. The topological polar surface area (TPSA) is 30.5 Å². The molecule has 2 unspecified atom stereocenters. The lowest BCUT2D eigenvalue weighted by atomic mass is 9.77. The molecular weight excluding hydrogens is 250 g/mol. The van der Waals surface area contributed by atoms with Crippen molar-refractivity contribution >= 4 is 0 Å². The molecule has 1 fully saturated rings. The zero-order valence-electron chi connectivity index (χ0n) is 12.5. The molecule has 0 aromatic heterocycles. The summed E-state index contributed by atoms with van der Waals surface area (Å²) in [5, 5.41) is 3.61. The summed E-state index contributed by atoms with van der Waals surface area (Å²) in [7, 11) is 0. The van der Waals surface area contributed by atoms with E-state index in [1.54, 1.807) is 0 Å². The number of nitrogens with one attached hydrogen (secondary N) is 1. The highest BCUT2D eigenvalue weighted by molar-refractivity contribution is 5.39. The molecule has 3 rings (SSSR count). The smallest absolute Gasteiger partial charge is 0.122 e. The third-order valence-electron chi connectivity index (χ3n) is 4.55. The Hall–Kier alpha value is -1.06. The summed E-state index contributed by atoms with van der Waals surface area (Å²) >= 11 is 0. The Morgan fingerprint density at radius 1 is 1.35 bits per heavy atom. The Morgan fingerprint density at radius 2 is 2.20 bits per heavy atom. The summed E-state index contributed by atoms with van der Waals surface area (Å²) in [6.45, 7) is 8.06. The zero-order chi connectivity index (χ0) is 14.0. The van der Waals surface area contributed by atoms with Gasteiger partial charge in [-0.25, -0.2) is 0 Å². The van der Waals surface area contributed by atoms with Gasteiger partial charge in [-0.05, 0) is 18.9 Å². The van der Waals surface area contributed by atoms with Crippen molar-refractivity contribution in [3.63, 3.8) is 0 Å². The first-order valence-corrected chi connectivity index (χ1v) is 7.71. The molecule has 1 aromatic rings. The highest BCUT2D eigenvalue weighted by atomic mass is 16.5. The molecule has 2 atom stereocenters. The van der Waals surface area contributed by atoms with E-state index in [1.807, 2.05) is 0 Å². The molecule has 2 aliphatic heterocycles. The van der Waals surface area contributed by atoms with Gasteiger partial charge in [-0.1, -0.05) is 32.0 Å². The third-order valence-corrected chi connectivity index (χ3v) is 4.55. The number of benzene rings is 1. The molecule has 1 N–H and O–H groups in total. The second-order valence-corrected chi connectivity index (χ2v) is 6.59. The summed E-state index contributed by atoms with van der Waals surface area (Å²) in [4.78, 5) is 0. The molecule has 0 aliphatic carbocycles. The Kier molecular flexibility index (Phi) is 3.99. The van der Waals surface area contributed by atoms with Crippen LogP contribution < -0.4 is 10.1 Å². The number of rotatable bonds is 5. The Balaban J connectivity index is 1.71. The van der Waals surface area contributed by atoms with Crippen LogP contribution in [0.1, 0.15) is 38.2 Å². The van der Waals surface area contributed by atoms with Crippen LogP contribution in [-0.2, 0) is 4.74 Å². The van der Waals surface area contributed by atoms with Crippen molar-refractivity contribution in [3.05, 3.63) is 29.8 Å². The summed E-state index contributed by atoms with van der Waals surface area (Å²) in [5.74, 6) is 1.59. The molecule has 0 saturated carbocycles. The van der Waals surface area contributed by atoms with Crippen LogP contribution in [0, 0.1) is 5.41 Å². The van der Waals surface area contributed by atoms with Crippen molar-refractivity contribution in [2.45, 2.75) is 38.6 Å². The van der Waals surface area contributed by atoms with Crippen LogP contribution in [0.4, 0.5) is 0 Å². The van der Waals surface area contributed by atoms with Gasteiger partial charge >= 0.3 is 0 Å². The standard InChI is InChI=1S/C17H25NO2/c1-13(2)18-11-17(7-8-19-12-17)9-14-10-20-16-6-4-3-5-15(14)16/h3-6,13-14,18H,7-12H2,1-2H3. The molecule has 0 bridgehead atoms. The molecule has 0 amide bonds. The van der Waals surface area contributed by atoms with Crippen LogP contribution in [0.25, 0.3) is 0 Å². The fraction of sp³-hybridized carbons (Fsp3) is 0.647. The fourth-order valence-electron chi connectivity index (χ4n) is 3.36. The van der Waals surface area contributed by atoms with E-state index in [-0.39, 0.29) is 5.41 Å². The van der Waals surface area contributed by atoms with E-state index in [2.05, 4.69) is 43.4 Å². The van der Waals surface area contributed by atoms with Gasteiger partial charge in [0.25, 0.3) is 0 Å². The monoisotopic (exact) mass is 275 g/mol. The van der Waals surface area contributed by atoms with E-state index in [9.17, 15) is 0 Å². The van der Waals surface area contributed by atoms with Gasteiger partial charge in [0.15, 0.2) is 0 Å². The predicted octanol–water partition coefficient (Wildman–Crippen LogP) is 2.96. The van der Waals surface area contributed by atoms with E-state index >= 15 is 0 Å². The van der Waals surface area contributed by atoms with Crippen LogP contribution in [0.2, 0.25) is 0 Å². The third kappa shape index (κ3) is 2.84. The van der Waals surface area contributed by atoms with Gasteiger partial charge in [-0.2, -0.15) is 0 Å². The molecular formula is C17H25NO2. The molecule has 110 valence electrons. The molecule has 2 aliphatic rings. The van der Waals surface area contributed by atoms with Gasteiger partial charge < -0.3 is 14.8 Å². The maximum Gasteiger partial charge on any atom is 0.122 e. The van der Waals surface area contributed by atoms with Gasteiger partial charge in [-0.15, -0.1) is 0 Å². The van der Waals surface area contributed by atoms with E-state index in [1.165, 1.54) is 5.56 Å². The summed E-state index contributed by atoms with van der Waals surface area (Å²) in [5.41, 5.74) is 1.65. The van der Waals surface area contributed by atoms with E-state index < -0.39 is 0 Å². The maximum absolute atomic E-state index is 5.83. The first-order chi connectivity index (χ1) is 9.69. The van der Waals surface area contributed by atoms with E-state index in [0.29, 0.717) is 12.0 Å². The van der Waals surface area contributed by atoms with Crippen LogP contribution in [0.3, 0.4) is 0 Å². The zero-order valence-corrected chi connectivity index (χ0v) is 12.5. The molecule has 3 nitrogen and oxygen atoms in total. The summed E-state index contributed by atoms with van der Waals surface area (Å²) in [6.07, 6.45) is 2.31. The van der Waals surface area contributed by atoms with Crippen LogP contribution in [0.15, 0.2) is 24.3 Å². The first kappa shape index (κ1) is 13.9. The van der Waals surface area contributed by atoms with Gasteiger partial charge in [0.1, 0.15) is 5.75 Å². The van der Waals surface area contributed by atoms with Crippen molar-refractivity contribution in [3.8, 4) is 5.75 Å². The van der Waals surface area contributed by atoms with Crippen LogP contribution >= 0.6 is 0 Å². The number of fused-ring (bicyclic) bond motifs is 1. The first-order valence-electron chi connectivity index (χ1n) is 7.71. The lowest BCUT2D eigenvalue weighted by Gasteiger charge is -2.31. The number of hydrogen-bond acceptors (Lipinski definition) is 3. The Morgan fingerprint density at radius 3 is 2.95 bits per heavy atom. The molecule has 20 heavy (non-hydrogen) atoms. The predicted molar refractivity (Wildman–Crippen MR) is 80.3 cm³/mol. The number of para-hydroxylation sites is 1. The van der Waals surface area contributed by atoms with Crippen molar-refractivity contribution in [1.82, 2.24) is 5.32 Å². The molecule has 1 aromatic carbocycles. The second kappa shape index (κ2) is 5.74. The number of ether oxygens (including phenoxy) is 2. The van der Waals surface area contributed by atoms with E-state index in [4.69, 9.17) is 9.47 Å². The minimum Gasteiger partial charge on any atom is -0.493 e. The lowest BCUT2D eigenvalue weighted by Crippen LogP contribution is -2.39. The van der Waals surface area contributed by atoms with Crippen molar-refractivity contribution in [2.75, 3.05) is 26.4 Å². The van der Waals surface area contributed by atoms with Crippen molar-refractivity contribution in [1.29, 1.82) is 0 Å². The lowest BCUT2D eigenvalue weighted by molar-refractivity contribution is 0.133. The molecule has 3 heteroatoms. The average Bonchev–Trinajstić information content (AvgIpc) is 3.06. The van der Waals surface area contributed by atoms with E-state index in [0.717, 1.165) is 45.0 Å². The van der Waals surface area contributed by atoms with Crippen LogP contribution in [-0.4, -0.2) is 32.4 Å². The quantitative estimate of drug-likeness (QED) is 0.896. The summed E-state index contributed by atoms with van der Waals surface area (Å²) < 4.78 is 11.5. The van der Waals surface area contributed by atoms with Gasteiger partial charge in [0.2, 0.25) is 0 Å². The molecule has 0 spiro atoms. The fourth-order valence-corrected chi connectivity index (χ4v) is 3.36. The minimum atomic E-state index is 0.274. The van der Waals surface area contributed by atoms with Crippen LogP contribution in [0.5, 0.6) is 5.75 Å². The Bertz CT molecular complexity index is 452. The largest absolute Gasteiger partial charge is 0.493 e. The molecule has 0 radical (unpaired) electrons. The SMILES string of the molecule is CC(C)NCC1(CC2COc3ccccc32)CCOC1. The summed E-state index contributed by atoms with van der Waals surface area (Å²) in [6, 6.07) is 8.99. The van der Waals surface area contributed by atoms with Gasteiger partial charge in [0.05, 0.1) is 13.2 Å². The highest BCUT2D eigenvalue weighted by Gasteiger charge is 2.39. The maximum atomic E-state index is 5.83. The van der Waals surface area contributed by atoms with Crippen molar-refractivity contribution < 1.29 is 9.47 Å². The van der Waals surface area contributed by atoms with Gasteiger partial charge in [0, 0.05) is 36.1 Å². The normalized spacial score (nSPS) is 28.6. The minimum absolute atomic E-state index is 0.274. The Labute approximate surface area is 121 Å². The average molecular weight is 275 g/mol. The van der Waals surface area contributed by atoms with Gasteiger partial charge in [-0.3, -0.25) is 0 Å². The second-order valence-electron chi connectivity index (χ2n) is 6.59.